The largest absolute Gasteiger partial charge is 0.444 e. The summed E-state index contributed by atoms with van der Waals surface area (Å²) in [5, 5.41) is 12.4. The molecule has 8 heteroatoms. The second-order valence-corrected chi connectivity index (χ2v) is 8.13. The highest BCUT2D eigenvalue weighted by Crippen LogP contribution is 2.28. The number of anilines is 1. The van der Waals surface area contributed by atoms with Crippen LogP contribution in [0.3, 0.4) is 0 Å². The summed E-state index contributed by atoms with van der Waals surface area (Å²) in [4.78, 5) is 25.7. The van der Waals surface area contributed by atoms with Crippen LogP contribution >= 0.6 is 0 Å². The number of carbonyl (C=O) groups excluding carboxylic acids is 1. The fraction of sp³-hybridized carbons (Fsp3) is 0.684. The number of aryl methyl sites for hydroxylation is 1. The highest BCUT2D eigenvalue weighted by atomic mass is 16.6. The van der Waals surface area contributed by atoms with Crippen LogP contribution in [0.4, 0.5) is 10.6 Å². The molecule has 3 rings (SSSR count). The van der Waals surface area contributed by atoms with Crippen molar-refractivity contribution in [2.75, 3.05) is 31.1 Å². The molecule has 1 aromatic rings. The molecular formula is C19H28N6O2. The molecule has 3 heterocycles. The maximum atomic E-state index is 12.4. The molecular weight excluding hydrogens is 344 g/mol. The van der Waals surface area contributed by atoms with Gasteiger partial charge in [-0.1, -0.05) is 0 Å². The van der Waals surface area contributed by atoms with Gasteiger partial charge < -0.3 is 19.9 Å². The molecule has 1 N–H and O–H groups in total. The number of hydrogen-bond acceptors (Lipinski definition) is 7. The maximum absolute atomic E-state index is 12.4. The third-order valence-electron chi connectivity index (χ3n) is 4.70. The Balaban J connectivity index is 1.81. The molecule has 146 valence electrons. The van der Waals surface area contributed by atoms with E-state index in [1.807, 2.05) is 27.7 Å². The van der Waals surface area contributed by atoms with Crippen molar-refractivity contribution in [3.8, 4) is 6.07 Å². The Morgan fingerprint density at radius 1 is 1.37 bits per heavy atom. The minimum atomic E-state index is -0.513. The van der Waals surface area contributed by atoms with Gasteiger partial charge in [-0.15, -0.1) is 0 Å². The van der Waals surface area contributed by atoms with Crippen molar-refractivity contribution >= 4 is 11.9 Å². The van der Waals surface area contributed by atoms with Crippen LogP contribution in [0, 0.1) is 18.3 Å². The number of piperazine rings is 1. The van der Waals surface area contributed by atoms with E-state index in [0.717, 1.165) is 36.7 Å². The second-order valence-electron chi connectivity index (χ2n) is 8.13. The van der Waals surface area contributed by atoms with Gasteiger partial charge in [0.05, 0.1) is 24.7 Å². The van der Waals surface area contributed by atoms with Crippen LogP contribution in [-0.4, -0.2) is 58.8 Å². The average Bonchev–Trinajstić information content (AvgIpc) is 2.59. The average molecular weight is 372 g/mol. The summed E-state index contributed by atoms with van der Waals surface area (Å²) < 4.78 is 5.50. The normalized spacial score (nSPS) is 20.0. The molecule has 0 spiro atoms. The molecule has 0 unspecified atom stereocenters. The number of amides is 1. The maximum Gasteiger partial charge on any atom is 0.410 e. The third-order valence-corrected chi connectivity index (χ3v) is 4.70. The van der Waals surface area contributed by atoms with E-state index < -0.39 is 5.60 Å². The van der Waals surface area contributed by atoms with Crippen LogP contribution in [0.5, 0.6) is 0 Å². The summed E-state index contributed by atoms with van der Waals surface area (Å²) >= 11 is 0. The number of nitrogens with one attached hydrogen (secondary N) is 1. The zero-order valence-corrected chi connectivity index (χ0v) is 16.6. The number of ether oxygens (including phenoxy) is 1. The fourth-order valence-electron chi connectivity index (χ4n) is 3.54. The molecule has 8 nitrogen and oxygen atoms in total. The minimum Gasteiger partial charge on any atom is -0.444 e. The van der Waals surface area contributed by atoms with Gasteiger partial charge in [-0.25, -0.2) is 14.8 Å². The predicted molar refractivity (Wildman–Crippen MR) is 101 cm³/mol. The smallest absolute Gasteiger partial charge is 0.410 e. The van der Waals surface area contributed by atoms with Crippen LogP contribution in [0.1, 0.15) is 44.3 Å². The number of hydrogen-bond donors (Lipinski definition) is 1. The van der Waals surface area contributed by atoms with Crippen molar-refractivity contribution in [1.29, 1.82) is 5.26 Å². The lowest BCUT2D eigenvalue weighted by Crippen LogP contribution is -2.51. The molecule has 1 saturated heterocycles. The van der Waals surface area contributed by atoms with Gasteiger partial charge in [0.15, 0.2) is 0 Å². The lowest BCUT2D eigenvalue weighted by molar-refractivity contribution is 0.0220. The van der Waals surface area contributed by atoms with E-state index in [4.69, 9.17) is 15.0 Å². The van der Waals surface area contributed by atoms with Crippen molar-refractivity contribution in [2.24, 2.45) is 0 Å². The third kappa shape index (κ3) is 4.66. The molecule has 0 radical (unpaired) electrons. The van der Waals surface area contributed by atoms with E-state index >= 15 is 0 Å². The number of fused-ring (bicyclic) bond motifs is 1. The minimum absolute atomic E-state index is 0.150. The summed E-state index contributed by atoms with van der Waals surface area (Å²) in [7, 11) is 0. The van der Waals surface area contributed by atoms with E-state index in [2.05, 4.69) is 21.3 Å². The van der Waals surface area contributed by atoms with Gasteiger partial charge >= 0.3 is 6.09 Å². The van der Waals surface area contributed by atoms with Crippen molar-refractivity contribution in [3.63, 3.8) is 0 Å². The summed E-state index contributed by atoms with van der Waals surface area (Å²) in [6.07, 6.45) is 0.883. The first-order valence-electron chi connectivity index (χ1n) is 9.46. The van der Waals surface area contributed by atoms with Crippen LogP contribution in [0.2, 0.25) is 0 Å². The quantitative estimate of drug-likeness (QED) is 0.845. The molecule has 27 heavy (non-hydrogen) atoms. The van der Waals surface area contributed by atoms with E-state index in [0.29, 0.717) is 31.8 Å². The monoisotopic (exact) mass is 372 g/mol. The number of carbonyl (C=O) groups is 1. The van der Waals surface area contributed by atoms with E-state index in [-0.39, 0.29) is 12.1 Å². The Labute approximate surface area is 160 Å². The summed E-state index contributed by atoms with van der Waals surface area (Å²) in [6, 6.07) is 2.39. The molecule has 0 saturated carbocycles. The van der Waals surface area contributed by atoms with Gasteiger partial charge in [0.1, 0.15) is 17.2 Å². The number of nitrogens with zero attached hydrogens (tertiary/aromatic N) is 5. The Kier molecular flexibility index (Phi) is 5.51. The second kappa shape index (κ2) is 7.69. The van der Waals surface area contributed by atoms with Crippen LogP contribution in [0.25, 0.3) is 0 Å². The summed E-state index contributed by atoms with van der Waals surface area (Å²) in [6.45, 7) is 11.0. The fourth-order valence-corrected chi connectivity index (χ4v) is 3.54. The molecule has 1 amide bonds. The highest BCUT2D eigenvalue weighted by Gasteiger charge is 2.30. The van der Waals surface area contributed by atoms with E-state index in [1.165, 1.54) is 0 Å². The van der Waals surface area contributed by atoms with Crippen molar-refractivity contribution < 1.29 is 9.53 Å². The van der Waals surface area contributed by atoms with Gasteiger partial charge in [-0.3, -0.25) is 0 Å². The SMILES string of the molecule is Cc1nc2c(c(N3CCN[C@@H](CC#N)C3)n1)CCN(C(=O)OC(C)(C)C)C2. The molecule has 0 aromatic carbocycles. The van der Waals surface area contributed by atoms with Crippen molar-refractivity contribution in [1.82, 2.24) is 20.2 Å². The van der Waals surface area contributed by atoms with Crippen molar-refractivity contribution in [3.05, 3.63) is 17.1 Å². The topological polar surface area (TPSA) is 94.4 Å². The zero-order valence-electron chi connectivity index (χ0n) is 16.6. The van der Waals surface area contributed by atoms with Gasteiger partial charge in [0, 0.05) is 37.8 Å². The molecule has 0 aliphatic carbocycles. The van der Waals surface area contributed by atoms with E-state index in [9.17, 15) is 4.79 Å². The van der Waals surface area contributed by atoms with Gasteiger partial charge in [0.2, 0.25) is 0 Å². The molecule has 0 bridgehead atoms. The Morgan fingerprint density at radius 2 is 2.15 bits per heavy atom. The lowest BCUT2D eigenvalue weighted by Gasteiger charge is -2.37. The Morgan fingerprint density at radius 3 is 2.85 bits per heavy atom. The number of aromatic nitrogens is 2. The summed E-state index contributed by atoms with van der Waals surface area (Å²) in [5.74, 6) is 1.65. The zero-order chi connectivity index (χ0) is 19.6. The van der Waals surface area contributed by atoms with Crippen LogP contribution < -0.4 is 10.2 Å². The lowest BCUT2D eigenvalue weighted by atomic mass is 10.0. The Bertz CT molecular complexity index is 752. The van der Waals surface area contributed by atoms with Crippen LogP contribution in [0.15, 0.2) is 0 Å². The first kappa shape index (κ1) is 19.4. The van der Waals surface area contributed by atoms with Crippen LogP contribution in [-0.2, 0) is 17.7 Å². The molecule has 2 aliphatic rings. The van der Waals surface area contributed by atoms with Gasteiger partial charge in [0.25, 0.3) is 0 Å². The van der Waals surface area contributed by atoms with E-state index in [1.54, 1.807) is 4.90 Å². The standard InChI is InChI=1S/C19H28N6O2/c1-13-22-16-12-25(18(26)27-19(2,3)4)9-6-15(16)17(23-13)24-10-8-21-14(11-24)5-7-20/h14,21H,5-6,8-12H2,1-4H3/t14-/m0/s1. The molecule has 2 aliphatic heterocycles. The molecule has 1 aromatic heterocycles. The molecule has 1 atom stereocenters. The first-order chi connectivity index (χ1) is 12.8. The van der Waals surface area contributed by atoms with Gasteiger partial charge in [-0.2, -0.15) is 5.26 Å². The Hall–Kier alpha value is -2.40. The summed E-state index contributed by atoms with van der Waals surface area (Å²) in [5.41, 5.74) is 1.49. The number of rotatable bonds is 2. The van der Waals surface area contributed by atoms with Gasteiger partial charge in [-0.05, 0) is 34.1 Å². The first-order valence-corrected chi connectivity index (χ1v) is 9.46. The highest BCUT2D eigenvalue weighted by molar-refractivity contribution is 5.69. The van der Waals surface area contributed by atoms with Crippen molar-refractivity contribution in [2.45, 2.75) is 58.7 Å². The predicted octanol–water partition coefficient (Wildman–Crippen LogP) is 1.77. The number of nitriles is 1. The molecule has 1 fully saturated rings.